The summed E-state index contributed by atoms with van der Waals surface area (Å²) in [5.41, 5.74) is 8.49. The summed E-state index contributed by atoms with van der Waals surface area (Å²) in [6.45, 7) is 8.21. The Hall–Kier alpha value is -7.05. The van der Waals surface area contributed by atoms with E-state index in [1.165, 1.54) is 34.1 Å². The lowest BCUT2D eigenvalue weighted by Gasteiger charge is -2.35. The van der Waals surface area contributed by atoms with Crippen LogP contribution in [0.25, 0.3) is 21.3 Å². The second kappa shape index (κ2) is 26.9. The molecule has 0 saturated carbocycles. The second-order valence-electron chi connectivity index (χ2n) is 21.7. The molecule has 0 aliphatic carbocycles. The third-order valence-corrected chi connectivity index (χ3v) is 16.7. The van der Waals surface area contributed by atoms with Gasteiger partial charge in [-0.25, -0.2) is 4.98 Å². The molecule has 2 saturated heterocycles. The molecule has 0 unspecified atom stereocenters. The zero-order valence-corrected chi connectivity index (χ0v) is 48.4. The van der Waals surface area contributed by atoms with Gasteiger partial charge in [-0.2, -0.15) is 0 Å². The molecule has 7 amide bonds. The fourth-order valence-electron chi connectivity index (χ4n) is 10.0. The minimum Gasteiger partial charge on any atom is -0.490 e. The molecule has 7 atom stereocenters. The number of amides is 7. The van der Waals surface area contributed by atoms with Crippen molar-refractivity contribution < 1.29 is 67.7 Å². The van der Waals surface area contributed by atoms with Crippen LogP contribution in [0, 0.1) is 12.3 Å². The van der Waals surface area contributed by atoms with E-state index in [1.807, 2.05) is 38.1 Å². The van der Waals surface area contributed by atoms with Crippen molar-refractivity contribution in [1.82, 2.24) is 41.0 Å². The van der Waals surface area contributed by atoms with Gasteiger partial charge in [0, 0.05) is 48.8 Å². The summed E-state index contributed by atoms with van der Waals surface area (Å²) < 4.78 is 17.6. The maximum absolute atomic E-state index is 14.3. The molecule has 82 heavy (non-hydrogen) atoms. The molecular weight excluding hydrogens is 1120 g/mol. The van der Waals surface area contributed by atoms with Gasteiger partial charge in [0.25, 0.3) is 11.4 Å². The Balaban J connectivity index is 0.916. The smallest absolute Gasteiger partial charge is 0.396 e. The highest BCUT2D eigenvalue weighted by Gasteiger charge is 2.45. The number of benzene rings is 3. The normalized spacial score (nSPS) is 17.9. The molecule has 2 fully saturated rings. The van der Waals surface area contributed by atoms with E-state index in [4.69, 9.17) is 22.1 Å². The topological polar surface area (TPSA) is 353 Å². The Morgan fingerprint density at radius 2 is 1.65 bits per heavy atom. The van der Waals surface area contributed by atoms with Crippen LogP contribution in [0.1, 0.15) is 116 Å². The molecule has 26 heteroatoms. The minimum atomic E-state index is -5.08. The molecule has 4 heterocycles. The molecular formula is C56H69ClN9O14PS. The lowest BCUT2D eigenvalue weighted by Crippen LogP contribution is -2.57. The van der Waals surface area contributed by atoms with E-state index in [0.717, 1.165) is 21.7 Å². The number of nitrogens with one attached hydrogen (secondary N) is 5. The van der Waals surface area contributed by atoms with Gasteiger partial charge in [-0.15, -0.1) is 11.3 Å². The molecule has 11 N–H and O–H groups in total. The Kier molecular flexibility index (Phi) is 20.5. The van der Waals surface area contributed by atoms with Crippen molar-refractivity contribution in [2.45, 2.75) is 128 Å². The van der Waals surface area contributed by atoms with Crippen LogP contribution in [0.3, 0.4) is 0 Å². The minimum absolute atomic E-state index is 0.000675. The van der Waals surface area contributed by atoms with Gasteiger partial charge in [-0.05, 0) is 98.4 Å². The average Bonchev–Trinajstić information content (AvgIpc) is 4.33. The first-order valence-corrected chi connectivity index (χ1v) is 29.6. The monoisotopic (exact) mass is 1190 g/mol. The first-order chi connectivity index (χ1) is 38.7. The number of aromatic amines is 1. The number of nitrogens with two attached hydrogens (primary N) is 1. The highest BCUT2D eigenvalue weighted by atomic mass is 35.5. The van der Waals surface area contributed by atoms with Crippen molar-refractivity contribution in [3.05, 3.63) is 105 Å². The molecule has 5 aromatic rings. The fourth-order valence-corrected chi connectivity index (χ4v) is 11.6. The lowest BCUT2D eigenvalue weighted by molar-refractivity contribution is -0.144. The number of aliphatic hydroxyl groups excluding tert-OH is 2. The Bertz CT molecular complexity index is 3250. The van der Waals surface area contributed by atoms with E-state index in [9.17, 15) is 62.9 Å². The van der Waals surface area contributed by atoms with Crippen molar-refractivity contribution >= 4 is 88.3 Å². The molecule has 7 rings (SSSR count). The van der Waals surface area contributed by atoms with E-state index in [0.29, 0.717) is 30.3 Å². The Morgan fingerprint density at radius 1 is 0.927 bits per heavy atom. The van der Waals surface area contributed by atoms with Gasteiger partial charge < -0.3 is 66.5 Å². The number of aromatic nitrogens is 2. The predicted molar refractivity (Wildman–Crippen MR) is 304 cm³/mol. The van der Waals surface area contributed by atoms with Gasteiger partial charge in [-0.3, -0.25) is 42.9 Å². The van der Waals surface area contributed by atoms with Gasteiger partial charge in [-0.1, -0.05) is 68.8 Å². The number of aliphatic hydroxyl groups is 2. The zero-order valence-electron chi connectivity index (χ0n) is 46.0. The van der Waals surface area contributed by atoms with Crippen molar-refractivity contribution in [2.75, 3.05) is 26.3 Å². The number of β-amino-alcohol motifs (C(OH)–C–C–N with tert-alkyl or cyclic N) is 1. The van der Waals surface area contributed by atoms with Crippen LogP contribution in [-0.4, -0.2) is 149 Å². The second-order valence-corrected chi connectivity index (χ2v) is 24.4. The van der Waals surface area contributed by atoms with Gasteiger partial charge in [0.2, 0.25) is 35.4 Å². The molecule has 0 spiro atoms. The molecule has 0 radical (unpaired) electrons. The van der Waals surface area contributed by atoms with Crippen LogP contribution in [0.4, 0.5) is 0 Å². The van der Waals surface area contributed by atoms with E-state index in [1.54, 1.807) is 55.8 Å². The molecule has 2 aliphatic heterocycles. The van der Waals surface area contributed by atoms with Gasteiger partial charge in [0.05, 0.1) is 45.9 Å². The number of fused-ring (bicyclic) bond motifs is 1. The summed E-state index contributed by atoms with van der Waals surface area (Å²) in [4.78, 5) is 136. The van der Waals surface area contributed by atoms with Gasteiger partial charge >= 0.3 is 7.60 Å². The summed E-state index contributed by atoms with van der Waals surface area (Å²) >= 11 is 8.39. The molecule has 3 aromatic carbocycles. The predicted octanol–water partition coefficient (Wildman–Crippen LogP) is 4.17. The van der Waals surface area contributed by atoms with Crippen LogP contribution < -0.4 is 31.7 Å². The van der Waals surface area contributed by atoms with E-state index >= 15 is 0 Å². The fraction of sp³-hybridized carbons (Fsp3) is 0.446. The number of ether oxygens (including phenoxy) is 1. The number of nitrogens with zero attached hydrogens (tertiary/aromatic N) is 3. The van der Waals surface area contributed by atoms with E-state index < -0.39 is 109 Å². The van der Waals surface area contributed by atoms with Crippen LogP contribution >= 0.6 is 30.5 Å². The summed E-state index contributed by atoms with van der Waals surface area (Å²) in [6, 6.07) is 12.2. The summed E-state index contributed by atoms with van der Waals surface area (Å²) in [6.07, 6.45) is 0.275. The van der Waals surface area contributed by atoms with E-state index in [-0.39, 0.29) is 79.2 Å². The molecule has 23 nitrogen and oxygen atoms in total. The lowest BCUT2D eigenvalue weighted by atomic mass is 9.85. The van der Waals surface area contributed by atoms with Crippen molar-refractivity contribution in [2.24, 2.45) is 11.1 Å². The third-order valence-electron chi connectivity index (χ3n) is 14.5. The number of carbonyl (C=O) groups excluding carboxylic acids is 8. The molecule has 2 aliphatic rings. The first-order valence-electron chi connectivity index (χ1n) is 26.8. The average molecular weight is 1190 g/mol. The van der Waals surface area contributed by atoms with Crippen molar-refractivity contribution in [1.29, 1.82) is 0 Å². The molecule has 440 valence electrons. The van der Waals surface area contributed by atoms with Crippen LogP contribution in [0.15, 0.2) is 72.2 Å². The van der Waals surface area contributed by atoms with Crippen molar-refractivity contribution in [3.63, 3.8) is 0 Å². The number of halogens is 1. The summed E-state index contributed by atoms with van der Waals surface area (Å²) in [5.74, 6) is -3.90. The molecule has 2 aromatic heterocycles. The Labute approximate surface area is 482 Å². The number of carbonyl (C=O) groups is 8. The van der Waals surface area contributed by atoms with Crippen LogP contribution in [0.2, 0.25) is 5.02 Å². The first kappa shape index (κ1) is 62.5. The summed E-state index contributed by atoms with van der Waals surface area (Å²) in [5, 5.41) is 32.7. The number of likely N-dealkylation sites (tertiary alicyclic amines) is 2. The highest BCUT2D eigenvalue weighted by molar-refractivity contribution is 7.70. The number of H-pyrrole nitrogens is 1. The number of hydrogen-bond acceptors (Lipinski definition) is 14. The van der Waals surface area contributed by atoms with E-state index in [2.05, 4.69) is 31.2 Å². The van der Waals surface area contributed by atoms with Gasteiger partial charge in [0.1, 0.15) is 42.2 Å². The maximum Gasteiger partial charge on any atom is 0.396 e. The summed E-state index contributed by atoms with van der Waals surface area (Å²) in [7, 11) is -5.08. The number of thiazole rings is 1. The number of hydrogen-bond donors (Lipinski definition) is 10. The number of primary amides is 1. The standard InChI is InChI=1S/C56H69ClN9O14PS/c1-30(32-14-16-34(17-15-32)48-31(2)59-29-82-48)60-52(73)43-25-38(68)26-66(43)54(75)49(56(3,4)5)64-46(70)13-7-10-33-9-6-12-44(47(33)57)80-28-37(19-21-45(58)69)61-51(72)42-11-8-22-65(42)53(74)41(27-67)63-50(71)40-24-36-23-35(18-20-39(36)62-40)55(76)81(77,78)79/h6,9,12,14-18,20,23-24,29-30,37-38,41-43,49,62,67-68H,7-8,10-11,13,19,21-22,25-28H2,1-5H3,(H2,58,69)(H,60,73)(H,61,72)(H,63,71)(H,64,70)(H2,77,78,79)/t30-,37-,38+,41-,42-,43-,49+/m0/s1. The molecule has 0 bridgehead atoms. The van der Waals surface area contributed by atoms with Crippen LogP contribution in [0.5, 0.6) is 5.75 Å². The third kappa shape index (κ3) is 15.5. The maximum atomic E-state index is 14.3. The van der Waals surface area contributed by atoms with Crippen LogP contribution in [-0.2, 0) is 39.8 Å². The quantitative estimate of drug-likeness (QED) is 0.0388. The largest absolute Gasteiger partial charge is 0.490 e. The Morgan fingerprint density at radius 3 is 2.30 bits per heavy atom. The van der Waals surface area contributed by atoms with Crippen molar-refractivity contribution in [3.8, 4) is 16.2 Å². The highest BCUT2D eigenvalue weighted by Crippen LogP contribution is 2.40. The van der Waals surface area contributed by atoms with Gasteiger partial charge in [0.15, 0.2) is 0 Å². The number of rotatable bonds is 24. The SMILES string of the molecule is Cc1ncsc1-c1ccc([C@H](C)NC(=O)[C@@H]2C[C@@H](O)CN2C(=O)[C@@H](NC(=O)CCCc2cccc(OC[C@H](CCC(N)=O)NC(=O)[C@@H]3CCCN3C(=O)[C@H](CO)NC(=O)c3cc4cc(C(=O)P(=O)(O)O)ccc4[nH]3)c2Cl)C(C)(C)C)cc1. The zero-order chi connectivity index (χ0) is 59.8. The number of aryl methyl sites for hydroxylation is 2.